The number of aliphatic hydroxyl groups is 1. The van der Waals surface area contributed by atoms with E-state index >= 15 is 0 Å². The molecule has 0 aliphatic carbocycles. The fraction of sp³-hybridized carbons (Fsp3) is 0.444. The Bertz CT molecular complexity index is 265. The molecule has 0 aliphatic heterocycles. The van der Waals surface area contributed by atoms with Crippen LogP contribution in [0, 0.1) is 6.20 Å². The van der Waals surface area contributed by atoms with Crippen molar-refractivity contribution < 1.29 is 14.6 Å². The number of hydrogen-bond acceptors (Lipinski definition) is 4. The van der Waals surface area contributed by atoms with Gasteiger partial charge in [0, 0.05) is 18.9 Å². The average molecular weight is 182 g/mol. The lowest BCUT2D eigenvalue weighted by Crippen LogP contribution is -2.14. The van der Waals surface area contributed by atoms with Gasteiger partial charge in [0.05, 0.1) is 6.61 Å². The maximum absolute atomic E-state index is 8.94. The third-order valence-electron chi connectivity index (χ3n) is 1.59. The van der Waals surface area contributed by atoms with Crippen molar-refractivity contribution in [2.45, 2.75) is 19.8 Å². The van der Waals surface area contributed by atoms with Crippen molar-refractivity contribution in [3.8, 4) is 5.75 Å². The summed E-state index contributed by atoms with van der Waals surface area (Å²) in [7, 11) is 1.54. The van der Waals surface area contributed by atoms with Crippen molar-refractivity contribution >= 4 is 0 Å². The summed E-state index contributed by atoms with van der Waals surface area (Å²) in [6.07, 6.45) is 3.82. The first-order valence-corrected chi connectivity index (χ1v) is 3.93. The van der Waals surface area contributed by atoms with Crippen molar-refractivity contribution in [3.63, 3.8) is 0 Å². The number of pyridine rings is 1. The molecule has 1 heterocycles. The summed E-state index contributed by atoms with van der Waals surface area (Å²) < 4.78 is 10.2. The second-order valence-electron chi connectivity index (χ2n) is 2.49. The lowest BCUT2D eigenvalue weighted by atomic mass is 10.2. The van der Waals surface area contributed by atoms with Gasteiger partial charge in [0.1, 0.15) is 6.20 Å². The van der Waals surface area contributed by atoms with Gasteiger partial charge in [-0.1, -0.05) is 0 Å². The van der Waals surface area contributed by atoms with E-state index in [0.717, 1.165) is 0 Å². The fourth-order valence-corrected chi connectivity index (χ4v) is 0.811. The van der Waals surface area contributed by atoms with Crippen LogP contribution < -0.4 is 4.74 Å². The Morgan fingerprint density at radius 2 is 2.46 bits per heavy atom. The van der Waals surface area contributed by atoms with E-state index in [1.807, 2.05) is 0 Å². The summed E-state index contributed by atoms with van der Waals surface area (Å²) >= 11 is 0. The molecular weight excluding hydrogens is 170 g/mol. The third-order valence-corrected chi connectivity index (χ3v) is 1.59. The minimum atomic E-state index is -0.370. The Morgan fingerprint density at radius 1 is 1.69 bits per heavy atom. The molecule has 0 aliphatic rings. The van der Waals surface area contributed by atoms with Crippen LogP contribution in [0.3, 0.4) is 0 Å². The zero-order valence-corrected chi connectivity index (χ0v) is 7.65. The molecule has 4 nitrogen and oxygen atoms in total. The lowest BCUT2D eigenvalue weighted by Gasteiger charge is -2.13. The Hall–Kier alpha value is -1.13. The van der Waals surface area contributed by atoms with Crippen LogP contribution in [0.2, 0.25) is 0 Å². The molecule has 0 saturated carbocycles. The zero-order valence-electron chi connectivity index (χ0n) is 7.65. The van der Waals surface area contributed by atoms with E-state index in [1.54, 1.807) is 26.3 Å². The first-order chi connectivity index (χ1) is 6.27. The molecule has 1 N–H and O–H groups in total. The van der Waals surface area contributed by atoms with Crippen molar-refractivity contribution in [2.75, 3.05) is 7.11 Å². The highest BCUT2D eigenvalue weighted by Crippen LogP contribution is 2.16. The minimum absolute atomic E-state index is 0.0925. The van der Waals surface area contributed by atoms with E-state index in [1.165, 1.54) is 0 Å². The predicted octanol–water partition coefficient (Wildman–Crippen LogP) is 0.745. The van der Waals surface area contributed by atoms with Gasteiger partial charge in [-0.2, -0.15) is 0 Å². The van der Waals surface area contributed by atoms with Crippen LogP contribution in [0.15, 0.2) is 12.3 Å². The van der Waals surface area contributed by atoms with Crippen LogP contribution >= 0.6 is 0 Å². The summed E-state index contributed by atoms with van der Waals surface area (Å²) in [5, 5.41) is 8.94. The molecule has 13 heavy (non-hydrogen) atoms. The molecule has 1 rings (SSSR count). The van der Waals surface area contributed by atoms with Gasteiger partial charge in [0.2, 0.25) is 0 Å². The topological polar surface area (TPSA) is 51.6 Å². The second kappa shape index (κ2) is 4.79. The molecule has 1 atom stereocenters. The number of methoxy groups -OCH3 is 1. The number of hydrogen-bond donors (Lipinski definition) is 1. The number of rotatable bonds is 4. The predicted molar refractivity (Wildman–Crippen MR) is 46.1 cm³/mol. The normalized spacial score (nSPS) is 12.5. The molecule has 0 aromatic carbocycles. The van der Waals surface area contributed by atoms with Crippen LogP contribution in [0.5, 0.6) is 5.75 Å². The average Bonchev–Trinajstić information content (AvgIpc) is 2.18. The number of ether oxygens (including phenoxy) is 2. The monoisotopic (exact) mass is 182 g/mol. The van der Waals surface area contributed by atoms with Crippen LogP contribution in [0.1, 0.15) is 12.5 Å². The molecule has 0 saturated heterocycles. The summed E-state index contributed by atoms with van der Waals surface area (Å²) in [6.45, 7) is 1.66. The quantitative estimate of drug-likeness (QED) is 0.698. The van der Waals surface area contributed by atoms with Gasteiger partial charge in [-0.15, -0.1) is 0 Å². The summed E-state index contributed by atoms with van der Waals surface area (Å²) in [6, 6.07) is 1.67. The van der Waals surface area contributed by atoms with Crippen LogP contribution in [-0.2, 0) is 11.3 Å². The third kappa shape index (κ3) is 2.68. The fourth-order valence-electron chi connectivity index (χ4n) is 0.811. The van der Waals surface area contributed by atoms with Crippen LogP contribution in [0.4, 0.5) is 0 Å². The summed E-state index contributed by atoms with van der Waals surface area (Å²) in [5.74, 6) is 0.430. The summed E-state index contributed by atoms with van der Waals surface area (Å²) in [4.78, 5) is 3.76. The first kappa shape index (κ1) is 9.95. The zero-order chi connectivity index (χ0) is 9.68. The van der Waals surface area contributed by atoms with E-state index in [9.17, 15) is 0 Å². The molecule has 4 heteroatoms. The van der Waals surface area contributed by atoms with E-state index in [0.29, 0.717) is 11.3 Å². The molecule has 1 aromatic heterocycles. The molecule has 0 bridgehead atoms. The number of aromatic nitrogens is 1. The Morgan fingerprint density at radius 3 is 3.08 bits per heavy atom. The van der Waals surface area contributed by atoms with Gasteiger partial charge < -0.3 is 14.6 Å². The van der Waals surface area contributed by atoms with Crippen LogP contribution in [0.25, 0.3) is 0 Å². The van der Waals surface area contributed by atoms with Gasteiger partial charge in [-0.3, -0.25) is 4.98 Å². The van der Waals surface area contributed by atoms with Gasteiger partial charge in [-0.25, -0.2) is 0 Å². The van der Waals surface area contributed by atoms with Gasteiger partial charge in [0.15, 0.2) is 12.0 Å². The molecule has 0 fully saturated rings. The van der Waals surface area contributed by atoms with E-state index in [2.05, 4.69) is 11.2 Å². The number of aliphatic hydroxyl groups excluding tert-OH is 1. The molecule has 71 valence electrons. The smallest absolute Gasteiger partial charge is 0.196 e. The first-order valence-electron chi connectivity index (χ1n) is 3.93. The molecule has 1 unspecified atom stereocenters. The standard InChI is InChI=1S/C9H12NO3/c1-7(12-2)13-9-5-10-4-3-8(9)6-11/h3-4,7,11H,6H2,1-2H3. The Kier molecular flexibility index (Phi) is 3.67. The maximum atomic E-state index is 8.94. The van der Waals surface area contributed by atoms with Gasteiger partial charge in [-0.05, 0) is 13.0 Å². The highest BCUT2D eigenvalue weighted by Gasteiger charge is 2.06. The van der Waals surface area contributed by atoms with Crippen molar-refractivity contribution in [2.24, 2.45) is 0 Å². The molecule has 1 aromatic rings. The Labute approximate surface area is 77.1 Å². The Balaban J connectivity index is 2.74. The molecule has 1 radical (unpaired) electrons. The second-order valence-corrected chi connectivity index (χ2v) is 2.49. The van der Waals surface area contributed by atoms with E-state index in [-0.39, 0.29) is 12.9 Å². The molecule has 0 amide bonds. The van der Waals surface area contributed by atoms with Crippen molar-refractivity contribution in [1.82, 2.24) is 4.98 Å². The van der Waals surface area contributed by atoms with Crippen LogP contribution in [-0.4, -0.2) is 23.5 Å². The van der Waals surface area contributed by atoms with E-state index in [4.69, 9.17) is 14.6 Å². The van der Waals surface area contributed by atoms with Gasteiger partial charge >= 0.3 is 0 Å². The highest BCUT2D eigenvalue weighted by molar-refractivity contribution is 5.27. The molecular formula is C9H12NO3. The van der Waals surface area contributed by atoms with Crippen molar-refractivity contribution in [1.29, 1.82) is 0 Å². The molecule has 0 spiro atoms. The lowest BCUT2D eigenvalue weighted by molar-refractivity contribution is -0.0396. The van der Waals surface area contributed by atoms with Crippen molar-refractivity contribution in [3.05, 3.63) is 24.0 Å². The maximum Gasteiger partial charge on any atom is 0.196 e. The van der Waals surface area contributed by atoms with Gasteiger partial charge in [0.25, 0.3) is 0 Å². The largest absolute Gasteiger partial charge is 0.463 e. The summed E-state index contributed by atoms with van der Waals surface area (Å²) in [5.41, 5.74) is 0.652. The SMILES string of the molecule is COC(C)Oc1[c]nccc1CO. The highest BCUT2D eigenvalue weighted by atomic mass is 16.7. The van der Waals surface area contributed by atoms with E-state index < -0.39 is 0 Å². The minimum Gasteiger partial charge on any atom is -0.463 e. The number of nitrogens with zero attached hydrogens (tertiary/aromatic N) is 1.